The standard InChI is InChI=1S/C11H20ClNO/c1-11(2)6-4-9(5-7-11)13(3)10(14)8-12/h9H,4-8H2,1-3H3. The van der Waals surface area contributed by atoms with Gasteiger partial charge in [-0.1, -0.05) is 13.8 Å². The summed E-state index contributed by atoms with van der Waals surface area (Å²) in [6.07, 6.45) is 4.65. The van der Waals surface area contributed by atoms with E-state index >= 15 is 0 Å². The summed E-state index contributed by atoms with van der Waals surface area (Å²) in [6.45, 7) is 4.60. The second-order valence-corrected chi connectivity index (χ2v) is 5.30. The van der Waals surface area contributed by atoms with Gasteiger partial charge in [-0.3, -0.25) is 4.79 Å². The number of alkyl halides is 1. The number of nitrogens with zero attached hydrogens (tertiary/aromatic N) is 1. The molecule has 1 saturated carbocycles. The Kier molecular flexibility index (Phi) is 3.82. The van der Waals surface area contributed by atoms with Gasteiger partial charge in [0.1, 0.15) is 5.88 Å². The van der Waals surface area contributed by atoms with Crippen LogP contribution >= 0.6 is 11.6 Å². The summed E-state index contributed by atoms with van der Waals surface area (Å²) in [4.78, 5) is 13.2. The van der Waals surface area contributed by atoms with Gasteiger partial charge in [0.05, 0.1) is 0 Å². The SMILES string of the molecule is CN(C(=O)CCl)C1CCC(C)(C)CC1. The number of carbonyl (C=O) groups excluding carboxylic acids is 1. The minimum Gasteiger partial charge on any atom is -0.342 e. The van der Waals surface area contributed by atoms with Crippen LogP contribution < -0.4 is 0 Å². The molecule has 0 bridgehead atoms. The fourth-order valence-corrected chi connectivity index (χ4v) is 2.26. The van der Waals surface area contributed by atoms with Crippen molar-refractivity contribution in [1.29, 1.82) is 0 Å². The maximum Gasteiger partial charge on any atom is 0.237 e. The number of halogens is 1. The van der Waals surface area contributed by atoms with Gasteiger partial charge in [0.2, 0.25) is 5.91 Å². The molecule has 0 aromatic carbocycles. The van der Waals surface area contributed by atoms with Crippen LogP contribution in [-0.4, -0.2) is 29.8 Å². The second kappa shape index (κ2) is 4.52. The maximum absolute atomic E-state index is 11.4. The predicted molar refractivity (Wildman–Crippen MR) is 59.5 cm³/mol. The Hall–Kier alpha value is -0.240. The van der Waals surface area contributed by atoms with Gasteiger partial charge in [-0.05, 0) is 31.1 Å². The molecule has 1 rings (SSSR count). The van der Waals surface area contributed by atoms with Crippen molar-refractivity contribution in [2.45, 2.75) is 45.6 Å². The number of amides is 1. The lowest BCUT2D eigenvalue weighted by molar-refractivity contribution is -0.130. The summed E-state index contributed by atoms with van der Waals surface area (Å²) >= 11 is 5.53. The molecule has 0 atom stereocenters. The number of carbonyl (C=O) groups is 1. The quantitative estimate of drug-likeness (QED) is 0.652. The first-order valence-corrected chi connectivity index (χ1v) is 5.81. The van der Waals surface area contributed by atoms with Crippen LogP contribution in [0, 0.1) is 5.41 Å². The molecular weight excluding hydrogens is 198 g/mol. The minimum absolute atomic E-state index is 0.0522. The molecule has 0 aromatic rings. The van der Waals surface area contributed by atoms with Crippen molar-refractivity contribution < 1.29 is 4.79 Å². The molecule has 0 spiro atoms. The zero-order valence-corrected chi connectivity index (χ0v) is 10.1. The van der Waals surface area contributed by atoms with Gasteiger partial charge in [-0.15, -0.1) is 11.6 Å². The van der Waals surface area contributed by atoms with Crippen molar-refractivity contribution in [3.8, 4) is 0 Å². The molecule has 2 nitrogen and oxygen atoms in total. The van der Waals surface area contributed by atoms with Crippen molar-refractivity contribution in [3.63, 3.8) is 0 Å². The summed E-state index contributed by atoms with van der Waals surface area (Å²) in [7, 11) is 1.87. The molecule has 14 heavy (non-hydrogen) atoms. The van der Waals surface area contributed by atoms with Gasteiger partial charge in [0, 0.05) is 13.1 Å². The highest BCUT2D eigenvalue weighted by Crippen LogP contribution is 2.36. The van der Waals surface area contributed by atoms with Gasteiger partial charge in [0.25, 0.3) is 0 Å². The lowest BCUT2D eigenvalue weighted by Gasteiger charge is -2.38. The van der Waals surface area contributed by atoms with Crippen molar-refractivity contribution in [2.75, 3.05) is 12.9 Å². The van der Waals surface area contributed by atoms with E-state index in [1.807, 2.05) is 11.9 Å². The third kappa shape index (κ3) is 2.88. The molecule has 1 aliphatic carbocycles. The zero-order valence-electron chi connectivity index (χ0n) is 9.35. The van der Waals surface area contributed by atoms with E-state index in [1.165, 1.54) is 12.8 Å². The molecule has 3 heteroatoms. The van der Waals surface area contributed by atoms with Gasteiger partial charge < -0.3 is 4.90 Å². The zero-order chi connectivity index (χ0) is 10.8. The Morgan fingerprint density at radius 2 is 1.93 bits per heavy atom. The van der Waals surface area contributed by atoms with Crippen LogP contribution in [0.2, 0.25) is 0 Å². The summed E-state index contributed by atoms with van der Waals surface area (Å²) < 4.78 is 0. The molecule has 1 fully saturated rings. The molecule has 0 aliphatic heterocycles. The van der Waals surface area contributed by atoms with E-state index in [4.69, 9.17) is 11.6 Å². The van der Waals surface area contributed by atoms with Crippen molar-refractivity contribution in [2.24, 2.45) is 5.41 Å². The smallest absolute Gasteiger partial charge is 0.237 e. The van der Waals surface area contributed by atoms with Crippen LogP contribution in [0.5, 0.6) is 0 Å². The highest BCUT2D eigenvalue weighted by Gasteiger charge is 2.30. The van der Waals surface area contributed by atoms with Crippen LogP contribution in [0.3, 0.4) is 0 Å². The van der Waals surface area contributed by atoms with E-state index in [0.717, 1.165) is 12.8 Å². The second-order valence-electron chi connectivity index (χ2n) is 5.03. The van der Waals surface area contributed by atoms with Crippen LogP contribution in [0.25, 0.3) is 0 Å². The van der Waals surface area contributed by atoms with Gasteiger partial charge in [-0.25, -0.2) is 0 Å². The Bertz CT molecular complexity index is 205. The lowest BCUT2D eigenvalue weighted by Crippen LogP contribution is -2.41. The van der Waals surface area contributed by atoms with Crippen LogP contribution in [-0.2, 0) is 4.79 Å². The minimum atomic E-state index is 0.0522. The van der Waals surface area contributed by atoms with E-state index in [1.54, 1.807) is 0 Å². The average Bonchev–Trinajstić information content (AvgIpc) is 2.15. The fraction of sp³-hybridized carbons (Fsp3) is 0.909. The van der Waals surface area contributed by atoms with Crippen LogP contribution in [0.4, 0.5) is 0 Å². The van der Waals surface area contributed by atoms with Crippen LogP contribution in [0.1, 0.15) is 39.5 Å². The summed E-state index contributed by atoms with van der Waals surface area (Å²) in [6, 6.07) is 0.411. The Morgan fingerprint density at radius 1 is 1.43 bits per heavy atom. The van der Waals surface area contributed by atoms with Crippen molar-refractivity contribution in [3.05, 3.63) is 0 Å². The number of hydrogen-bond acceptors (Lipinski definition) is 1. The number of hydrogen-bond donors (Lipinski definition) is 0. The van der Waals surface area contributed by atoms with Gasteiger partial charge in [-0.2, -0.15) is 0 Å². The van der Waals surface area contributed by atoms with Crippen molar-refractivity contribution >= 4 is 17.5 Å². The first kappa shape index (κ1) is 11.8. The highest BCUT2D eigenvalue weighted by atomic mass is 35.5. The Labute approximate surface area is 91.6 Å². The first-order chi connectivity index (χ1) is 6.46. The molecule has 0 unspecified atom stereocenters. The molecule has 0 heterocycles. The topological polar surface area (TPSA) is 20.3 Å². The molecule has 0 radical (unpaired) electrons. The molecular formula is C11H20ClNO. The van der Waals surface area contributed by atoms with E-state index < -0.39 is 0 Å². The van der Waals surface area contributed by atoms with E-state index in [9.17, 15) is 4.79 Å². The molecule has 0 N–H and O–H groups in total. The van der Waals surface area contributed by atoms with E-state index in [2.05, 4.69) is 13.8 Å². The summed E-state index contributed by atoms with van der Waals surface area (Å²) in [5.74, 6) is 0.160. The predicted octanol–water partition coefficient (Wildman–Crippen LogP) is 2.65. The highest BCUT2D eigenvalue weighted by molar-refractivity contribution is 6.27. The summed E-state index contributed by atoms with van der Waals surface area (Å²) in [5.41, 5.74) is 0.460. The third-order valence-electron chi connectivity index (χ3n) is 3.36. The number of rotatable bonds is 2. The summed E-state index contributed by atoms with van der Waals surface area (Å²) in [5, 5.41) is 0. The lowest BCUT2D eigenvalue weighted by atomic mass is 9.75. The van der Waals surface area contributed by atoms with Crippen molar-refractivity contribution in [1.82, 2.24) is 4.90 Å². The van der Waals surface area contributed by atoms with E-state index in [0.29, 0.717) is 11.5 Å². The Balaban J connectivity index is 2.45. The fourth-order valence-electron chi connectivity index (χ4n) is 2.07. The maximum atomic E-state index is 11.4. The largest absolute Gasteiger partial charge is 0.342 e. The molecule has 0 saturated heterocycles. The van der Waals surface area contributed by atoms with Gasteiger partial charge >= 0.3 is 0 Å². The monoisotopic (exact) mass is 217 g/mol. The molecule has 1 aliphatic rings. The normalized spacial score (nSPS) is 22.0. The van der Waals surface area contributed by atoms with Crippen LogP contribution in [0.15, 0.2) is 0 Å². The third-order valence-corrected chi connectivity index (χ3v) is 3.59. The average molecular weight is 218 g/mol. The molecule has 0 aromatic heterocycles. The van der Waals surface area contributed by atoms with Gasteiger partial charge in [0.15, 0.2) is 0 Å². The Morgan fingerprint density at radius 3 is 2.36 bits per heavy atom. The first-order valence-electron chi connectivity index (χ1n) is 5.28. The van der Waals surface area contributed by atoms with E-state index in [-0.39, 0.29) is 11.8 Å². The molecule has 82 valence electrons. The molecule has 1 amide bonds.